The van der Waals surface area contributed by atoms with Crippen molar-refractivity contribution in [2.24, 2.45) is 5.92 Å². The summed E-state index contributed by atoms with van der Waals surface area (Å²) < 4.78 is 5.32. The molecule has 0 aromatic heterocycles. The van der Waals surface area contributed by atoms with Crippen molar-refractivity contribution in [2.45, 2.75) is 45.6 Å². The molecular weight excluding hydrogens is 256 g/mol. The molecule has 0 aromatic carbocycles. The number of hydrogen-bond donors (Lipinski definition) is 1. The van der Waals surface area contributed by atoms with Crippen LogP contribution in [-0.4, -0.2) is 66.4 Å². The molecule has 1 fully saturated rings. The van der Waals surface area contributed by atoms with Crippen LogP contribution in [-0.2, 0) is 4.74 Å². The number of carbonyl (C=O) groups excluding carboxylic acids is 1. The quantitative estimate of drug-likeness (QED) is 0.839. The van der Waals surface area contributed by atoms with Gasteiger partial charge in [0.05, 0.1) is 0 Å². The molecule has 0 atom stereocenters. The maximum absolute atomic E-state index is 11.8. The average Bonchev–Trinajstić information content (AvgIpc) is 2.37. The first kappa shape index (κ1) is 17.2. The van der Waals surface area contributed by atoms with Gasteiger partial charge in [0.25, 0.3) is 0 Å². The van der Waals surface area contributed by atoms with Crippen LogP contribution in [0.5, 0.6) is 0 Å². The van der Waals surface area contributed by atoms with Gasteiger partial charge in [0.1, 0.15) is 5.60 Å². The number of aliphatic hydroxyl groups excluding tert-OH is 1. The lowest BCUT2D eigenvalue weighted by molar-refractivity contribution is 0.0290. The summed E-state index contributed by atoms with van der Waals surface area (Å²) in [4.78, 5) is 15.8. The average molecular weight is 286 g/mol. The van der Waals surface area contributed by atoms with E-state index in [1.807, 2.05) is 20.8 Å². The van der Waals surface area contributed by atoms with Gasteiger partial charge in [0, 0.05) is 20.2 Å². The molecule has 1 aliphatic heterocycles. The highest BCUT2D eigenvalue weighted by molar-refractivity contribution is 5.67. The van der Waals surface area contributed by atoms with Gasteiger partial charge in [-0.1, -0.05) is 0 Å². The lowest BCUT2D eigenvalue weighted by Gasteiger charge is -2.31. The fourth-order valence-electron chi connectivity index (χ4n) is 2.36. The molecule has 0 unspecified atom stereocenters. The van der Waals surface area contributed by atoms with Gasteiger partial charge in [-0.15, -0.1) is 0 Å². The molecule has 1 heterocycles. The van der Waals surface area contributed by atoms with Crippen molar-refractivity contribution in [1.82, 2.24) is 9.80 Å². The van der Waals surface area contributed by atoms with Crippen LogP contribution in [0.1, 0.15) is 40.0 Å². The molecule has 1 amide bonds. The third-order valence-corrected chi connectivity index (χ3v) is 3.64. The molecule has 0 aromatic rings. The highest BCUT2D eigenvalue weighted by atomic mass is 16.6. The Morgan fingerprint density at radius 2 is 1.95 bits per heavy atom. The number of carbonyl (C=O) groups is 1. The minimum Gasteiger partial charge on any atom is -0.444 e. The number of nitrogens with zero attached hydrogens (tertiary/aromatic N) is 2. The molecule has 20 heavy (non-hydrogen) atoms. The second kappa shape index (κ2) is 7.84. The number of ether oxygens (including phenoxy) is 1. The minimum atomic E-state index is -0.433. The van der Waals surface area contributed by atoms with Crippen molar-refractivity contribution in [3.8, 4) is 0 Å². The van der Waals surface area contributed by atoms with Gasteiger partial charge in [-0.25, -0.2) is 4.79 Å². The van der Waals surface area contributed by atoms with E-state index in [-0.39, 0.29) is 6.09 Å². The maximum atomic E-state index is 11.8. The second-order valence-electron chi connectivity index (χ2n) is 6.72. The third-order valence-electron chi connectivity index (χ3n) is 3.64. The molecule has 5 nitrogen and oxygen atoms in total. The van der Waals surface area contributed by atoms with Crippen LogP contribution in [0.3, 0.4) is 0 Å². The lowest BCUT2D eigenvalue weighted by Crippen LogP contribution is -2.38. The summed E-state index contributed by atoms with van der Waals surface area (Å²) in [5.41, 5.74) is -0.433. The summed E-state index contributed by atoms with van der Waals surface area (Å²) >= 11 is 0. The number of hydrogen-bond acceptors (Lipinski definition) is 4. The first-order chi connectivity index (χ1) is 9.31. The van der Waals surface area contributed by atoms with E-state index in [0.717, 1.165) is 45.4 Å². The van der Waals surface area contributed by atoms with Gasteiger partial charge in [-0.2, -0.15) is 0 Å². The molecule has 0 spiro atoms. The van der Waals surface area contributed by atoms with Gasteiger partial charge in [0.15, 0.2) is 0 Å². The maximum Gasteiger partial charge on any atom is 0.410 e. The predicted octanol–water partition coefficient (Wildman–Crippen LogP) is 1.95. The summed E-state index contributed by atoms with van der Waals surface area (Å²) in [6, 6.07) is 0. The summed E-state index contributed by atoms with van der Waals surface area (Å²) in [7, 11) is 1.78. The monoisotopic (exact) mass is 286 g/mol. The van der Waals surface area contributed by atoms with Crippen LogP contribution in [0, 0.1) is 5.92 Å². The number of likely N-dealkylation sites (tertiary alicyclic amines) is 1. The molecule has 5 heteroatoms. The number of rotatable bonds is 5. The molecule has 0 bridgehead atoms. The van der Waals surface area contributed by atoms with Crippen LogP contribution in [0.25, 0.3) is 0 Å². The molecule has 1 aliphatic rings. The van der Waals surface area contributed by atoms with Crippen LogP contribution < -0.4 is 0 Å². The predicted molar refractivity (Wildman–Crippen MR) is 79.7 cm³/mol. The number of piperidine rings is 1. The Labute approximate surface area is 122 Å². The zero-order chi connectivity index (χ0) is 15.2. The third kappa shape index (κ3) is 6.57. The first-order valence-electron chi connectivity index (χ1n) is 7.59. The second-order valence-corrected chi connectivity index (χ2v) is 6.72. The highest BCUT2D eigenvalue weighted by Gasteiger charge is 2.20. The Hall–Kier alpha value is -0.810. The van der Waals surface area contributed by atoms with Gasteiger partial charge in [-0.3, -0.25) is 0 Å². The lowest BCUT2D eigenvalue weighted by atomic mass is 9.98. The van der Waals surface area contributed by atoms with Crippen molar-refractivity contribution in [1.29, 1.82) is 0 Å². The van der Waals surface area contributed by atoms with Crippen LogP contribution >= 0.6 is 0 Å². The van der Waals surface area contributed by atoms with Crippen molar-refractivity contribution in [3.05, 3.63) is 0 Å². The molecule has 0 saturated carbocycles. The van der Waals surface area contributed by atoms with E-state index in [1.165, 1.54) is 0 Å². The Kier molecular flexibility index (Phi) is 6.76. The van der Waals surface area contributed by atoms with Crippen LogP contribution in [0.2, 0.25) is 0 Å². The standard InChI is InChI=1S/C15H30N2O3/c1-15(2,3)20-14(19)16(4)8-5-9-17-10-6-13(12-18)7-11-17/h13,18H,5-12H2,1-4H3. The first-order valence-corrected chi connectivity index (χ1v) is 7.59. The van der Waals surface area contributed by atoms with Gasteiger partial charge >= 0.3 is 6.09 Å². The van der Waals surface area contributed by atoms with Crippen molar-refractivity contribution >= 4 is 6.09 Å². The zero-order valence-corrected chi connectivity index (χ0v) is 13.4. The van der Waals surface area contributed by atoms with Crippen molar-refractivity contribution in [3.63, 3.8) is 0 Å². The summed E-state index contributed by atoms with van der Waals surface area (Å²) in [6.07, 6.45) is 2.87. The summed E-state index contributed by atoms with van der Waals surface area (Å²) in [5, 5.41) is 9.10. The van der Waals surface area contributed by atoms with E-state index in [1.54, 1.807) is 11.9 Å². The Morgan fingerprint density at radius 3 is 2.45 bits per heavy atom. The molecule has 1 rings (SSSR count). The van der Waals surface area contributed by atoms with Crippen molar-refractivity contribution < 1.29 is 14.6 Å². The number of amides is 1. The van der Waals surface area contributed by atoms with Crippen LogP contribution in [0.15, 0.2) is 0 Å². The Balaban J connectivity index is 2.16. The van der Waals surface area contributed by atoms with Gasteiger partial charge in [0.2, 0.25) is 0 Å². The Morgan fingerprint density at radius 1 is 1.35 bits per heavy atom. The molecule has 118 valence electrons. The minimum absolute atomic E-state index is 0.253. The summed E-state index contributed by atoms with van der Waals surface area (Å²) in [5.74, 6) is 0.482. The van der Waals surface area contributed by atoms with Gasteiger partial charge in [-0.05, 0) is 65.6 Å². The van der Waals surface area contributed by atoms with Crippen LogP contribution in [0.4, 0.5) is 4.79 Å². The SMILES string of the molecule is CN(CCCN1CCC(CO)CC1)C(=O)OC(C)(C)C. The van der Waals surface area contributed by atoms with E-state index in [2.05, 4.69) is 4.90 Å². The van der Waals surface area contributed by atoms with E-state index in [4.69, 9.17) is 9.84 Å². The number of aliphatic hydroxyl groups is 1. The largest absolute Gasteiger partial charge is 0.444 e. The summed E-state index contributed by atoms with van der Waals surface area (Å²) in [6.45, 7) is 9.79. The molecule has 1 saturated heterocycles. The Bertz CT molecular complexity index is 294. The molecule has 0 aliphatic carbocycles. The fourth-order valence-corrected chi connectivity index (χ4v) is 2.36. The normalized spacial score (nSPS) is 18.1. The van der Waals surface area contributed by atoms with E-state index in [9.17, 15) is 4.79 Å². The van der Waals surface area contributed by atoms with E-state index >= 15 is 0 Å². The fraction of sp³-hybridized carbons (Fsp3) is 0.933. The van der Waals surface area contributed by atoms with Crippen molar-refractivity contribution in [2.75, 3.05) is 39.8 Å². The zero-order valence-electron chi connectivity index (χ0n) is 13.4. The highest BCUT2D eigenvalue weighted by Crippen LogP contribution is 2.16. The topological polar surface area (TPSA) is 53.0 Å². The molecule has 0 radical (unpaired) electrons. The molecular formula is C15H30N2O3. The van der Waals surface area contributed by atoms with E-state index < -0.39 is 5.60 Å². The van der Waals surface area contributed by atoms with E-state index in [0.29, 0.717) is 12.5 Å². The smallest absolute Gasteiger partial charge is 0.410 e. The van der Waals surface area contributed by atoms with Gasteiger partial charge < -0.3 is 19.6 Å². The molecule has 1 N–H and O–H groups in total.